The zero-order valence-corrected chi connectivity index (χ0v) is 21.2. The van der Waals surface area contributed by atoms with E-state index in [1.165, 1.54) is 19.1 Å². The van der Waals surface area contributed by atoms with E-state index < -0.39 is 36.3 Å². The molecule has 4 aromatic rings. The first-order valence-corrected chi connectivity index (χ1v) is 13.0. The number of amides is 2. The quantitative estimate of drug-likeness (QED) is 0.327. The van der Waals surface area contributed by atoms with Gasteiger partial charge in [0.2, 0.25) is 18.2 Å². The van der Waals surface area contributed by atoms with Crippen LogP contribution < -0.4 is 10.2 Å². The third-order valence-electron chi connectivity index (χ3n) is 7.85. The van der Waals surface area contributed by atoms with Crippen molar-refractivity contribution in [3.63, 3.8) is 0 Å². The molecule has 1 aliphatic heterocycles. The summed E-state index contributed by atoms with van der Waals surface area (Å²) in [4.78, 5) is 28.6. The number of alkyl halides is 2. The molecule has 3 atom stereocenters. The minimum atomic E-state index is -2.73. The van der Waals surface area contributed by atoms with Gasteiger partial charge in [0.05, 0.1) is 34.9 Å². The minimum absolute atomic E-state index is 0.143. The summed E-state index contributed by atoms with van der Waals surface area (Å²) in [6.07, 6.45) is -0.247. The summed E-state index contributed by atoms with van der Waals surface area (Å²) >= 11 is 0. The fourth-order valence-corrected chi connectivity index (χ4v) is 5.65. The summed E-state index contributed by atoms with van der Waals surface area (Å²) in [6, 6.07) is 19.0. The Morgan fingerprint density at radius 1 is 1.05 bits per heavy atom. The number of halogens is 3. The predicted molar refractivity (Wildman–Crippen MR) is 141 cm³/mol. The molecule has 2 heterocycles. The standard InChI is InChI=1S/C30H27F3N4O2/c1-30(16-25(32)33)27(35-28(38)19-7-8-19)26(18-5-3-2-4-6-18)36(29(30)39)23-13-14-24-20(15-23)17-34-37(24)22-11-9-21(31)10-12-22/h2-6,9-15,17,19,25-27H,7-8,16H2,1H3,(H,35,38). The molecule has 2 aliphatic rings. The van der Waals surface area contributed by atoms with E-state index in [0.29, 0.717) is 11.4 Å². The van der Waals surface area contributed by atoms with Crippen molar-refractivity contribution < 1.29 is 22.8 Å². The Morgan fingerprint density at radius 3 is 2.41 bits per heavy atom. The molecular weight excluding hydrogens is 505 g/mol. The monoisotopic (exact) mass is 532 g/mol. The fourth-order valence-electron chi connectivity index (χ4n) is 5.65. The first-order chi connectivity index (χ1) is 18.8. The van der Waals surface area contributed by atoms with Crippen LogP contribution in [-0.2, 0) is 9.59 Å². The van der Waals surface area contributed by atoms with E-state index >= 15 is 0 Å². The van der Waals surface area contributed by atoms with Crippen LogP contribution in [0.25, 0.3) is 16.6 Å². The third-order valence-corrected chi connectivity index (χ3v) is 7.85. The first kappa shape index (κ1) is 25.2. The molecule has 2 amide bonds. The second-order valence-electron chi connectivity index (χ2n) is 10.6. The van der Waals surface area contributed by atoms with Gasteiger partial charge in [-0.25, -0.2) is 17.9 Å². The molecule has 0 bridgehead atoms. The molecule has 9 heteroatoms. The van der Waals surface area contributed by atoms with Crippen LogP contribution in [-0.4, -0.2) is 34.1 Å². The van der Waals surface area contributed by atoms with Crippen LogP contribution in [0.1, 0.15) is 37.8 Å². The smallest absolute Gasteiger partial charge is 0.239 e. The maximum Gasteiger partial charge on any atom is 0.239 e. The van der Waals surface area contributed by atoms with Crippen LogP contribution in [0, 0.1) is 17.2 Å². The number of hydrogen-bond acceptors (Lipinski definition) is 3. The van der Waals surface area contributed by atoms with Crippen LogP contribution in [0.4, 0.5) is 18.9 Å². The first-order valence-electron chi connectivity index (χ1n) is 13.0. The number of benzene rings is 3. The van der Waals surface area contributed by atoms with Gasteiger partial charge in [0, 0.05) is 23.4 Å². The van der Waals surface area contributed by atoms with Gasteiger partial charge < -0.3 is 10.2 Å². The van der Waals surface area contributed by atoms with E-state index in [2.05, 4.69) is 10.4 Å². The van der Waals surface area contributed by atoms with Crippen LogP contribution in [0.3, 0.4) is 0 Å². The molecule has 1 N–H and O–H groups in total. The number of nitrogens with zero attached hydrogens (tertiary/aromatic N) is 3. The molecule has 3 aromatic carbocycles. The molecule has 1 aliphatic carbocycles. The van der Waals surface area contributed by atoms with Crippen LogP contribution in [0.15, 0.2) is 79.0 Å². The van der Waals surface area contributed by atoms with Crippen molar-refractivity contribution in [3.05, 3.63) is 90.4 Å². The molecule has 0 spiro atoms. The molecule has 200 valence electrons. The highest BCUT2D eigenvalue weighted by atomic mass is 19.3. The number of aromatic nitrogens is 2. The minimum Gasteiger partial charge on any atom is -0.350 e. The SMILES string of the molecule is CC1(CC(F)F)C(=O)N(c2ccc3c(cnn3-c3ccc(F)cc3)c2)C(c2ccccc2)C1NC(=O)C1CC1. The van der Waals surface area contributed by atoms with E-state index in [0.717, 1.165) is 29.3 Å². The summed E-state index contributed by atoms with van der Waals surface area (Å²) in [5.74, 6) is -1.17. The van der Waals surface area contributed by atoms with Crippen LogP contribution >= 0.6 is 0 Å². The number of carbonyl (C=O) groups is 2. The normalized spacial score (nSPS) is 23.1. The summed E-state index contributed by atoms with van der Waals surface area (Å²) in [7, 11) is 0. The zero-order chi connectivity index (χ0) is 27.3. The molecule has 6 nitrogen and oxygen atoms in total. The summed E-state index contributed by atoms with van der Waals surface area (Å²) in [5, 5.41) is 8.16. The molecule has 1 saturated carbocycles. The molecular formula is C30H27F3N4O2. The Hall–Kier alpha value is -4.14. The highest BCUT2D eigenvalue weighted by molar-refractivity contribution is 6.04. The van der Waals surface area contributed by atoms with Gasteiger partial charge in [0.25, 0.3) is 0 Å². The third kappa shape index (κ3) is 4.45. The van der Waals surface area contributed by atoms with Crippen molar-refractivity contribution in [3.8, 4) is 5.69 Å². The summed E-state index contributed by atoms with van der Waals surface area (Å²) in [6.45, 7) is 1.53. The van der Waals surface area contributed by atoms with Crippen LogP contribution in [0.2, 0.25) is 0 Å². The van der Waals surface area contributed by atoms with Gasteiger partial charge in [-0.05, 0) is 67.8 Å². The van der Waals surface area contributed by atoms with Gasteiger partial charge >= 0.3 is 0 Å². The molecule has 3 unspecified atom stereocenters. The van der Waals surface area contributed by atoms with Crippen molar-refractivity contribution >= 4 is 28.4 Å². The highest BCUT2D eigenvalue weighted by Crippen LogP contribution is 2.50. The van der Waals surface area contributed by atoms with Crippen molar-refractivity contribution in [1.82, 2.24) is 15.1 Å². The average molecular weight is 533 g/mol. The Bertz CT molecular complexity index is 1540. The Morgan fingerprint density at radius 2 is 1.74 bits per heavy atom. The lowest BCUT2D eigenvalue weighted by atomic mass is 9.77. The van der Waals surface area contributed by atoms with Gasteiger partial charge in [-0.2, -0.15) is 5.10 Å². The number of nitrogens with one attached hydrogen (secondary N) is 1. The zero-order valence-electron chi connectivity index (χ0n) is 21.2. The summed E-state index contributed by atoms with van der Waals surface area (Å²) < 4.78 is 43.0. The van der Waals surface area contributed by atoms with Crippen molar-refractivity contribution in [1.29, 1.82) is 0 Å². The number of rotatable bonds is 7. The van der Waals surface area contributed by atoms with Crippen molar-refractivity contribution in [2.75, 3.05) is 4.90 Å². The molecule has 2 fully saturated rings. The number of anilines is 1. The van der Waals surface area contributed by atoms with E-state index in [-0.39, 0.29) is 17.6 Å². The van der Waals surface area contributed by atoms with Crippen LogP contribution in [0.5, 0.6) is 0 Å². The van der Waals surface area contributed by atoms with Gasteiger partial charge in [0.15, 0.2) is 0 Å². The molecule has 1 saturated heterocycles. The highest BCUT2D eigenvalue weighted by Gasteiger charge is 2.59. The van der Waals surface area contributed by atoms with E-state index in [1.807, 2.05) is 30.3 Å². The second-order valence-corrected chi connectivity index (χ2v) is 10.6. The Labute approximate surface area is 223 Å². The fraction of sp³-hybridized carbons (Fsp3) is 0.300. The molecule has 0 radical (unpaired) electrons. The molecule has 39 heavy (non-hydrogen) atoms. The van der Waals surface area contributed by atoms with E-state index in [9.17, 15) is 22.8 Å². The van der Waals surface area contributed by atoms with Gasteiger partial charge in [-0.3, -0.25) is 9.59 Å². The summed E-state index contributed by atoms with van der Waals surface area (Å²) in [5.41, 5.74) is 1.15. The molecule has 6 rings (SSSR count). The van der Waals surface area contributed by atoms with Crippen molar-refractivity contribution in [2.45, 2.75) is 44.7 Å². The van der Waals surface area contributed by atoms with Crippen molar-refractivity contribution in [2.24, 2.45) is 11.3 Å². The number of hydrogen-bond donors (Lipinski definition) is 1. The predicted octanol–water partition coefficient (Wildman–Crippen LogP) is 5.81. The van der Waals surface area contributed by atoms with Gasteiger partial charge in [-0.1, -0.05) is 30.3 Å². The topological polar surface area (TPSA) is 67.2 Å². The lowest BCUT2D eigenvalue weighted by Gasteiger charge is -2.32. The van der Waals surface area contributed by atoms with E-state index in [4.69, 9.17) is 0 Å². The lowest BCUT2D eigenvalue weighted by Crippen LogP contribution is -2.49. The lowest BCUT2D eigenvalue weighted by molar-refractivity contribution is -0.129. The maximum atomic E-state index is 14.1. The number of carbonyl (C=O) groups excluding carboxylic acids is 2. The average Bonchev–Trinajstić information content (AvgIpc) is 3.66. The largest absolute Gasteiger partial charge is 0.350 e. The number of fused-ring (bicyclic) bond motifs is 1. The Kier molecular flexibility index (Phi) is 6.16. The Balaban J connectivity index is 1.46. The maximum absolute atomic E-state index is 14.1. The van der Waals surface area contributed by atoms with Gasteiger partial charge in [-0.15, -0.1) is 0 Å². The second kappa shape index (κ2) is 9.55. The van der Waals surface area contributed by atoms with E-state index in [1.54, 1.807) is 46.1 Å². The molecule has 1 aromatic heterocycles. The van der Waals surface area contributed by atoms with Gasteiger partial charge in [0.1, 0.15) is 5.82 Å².